The van der Waals surface area contributed by atoms with Gasteiger partial charge in [0.15, 0.2) is 0 Å². The van der Waals surface area contributed by atoms with Gasteiger partial charge in [0.2, 0.25) is 0 Å². The monoisotopic (exact) mass is 275 g/mol. The molecule has 4 heteroatoms. The van der Waals surface area contributed by atoms with Gasteiger partial charge in [0.1, 0.15) is 0 Å². The average molecular weight is 275 g/mol. The van der Waals surface area contributed by atoms with Crippen LogP contribution < -0.4 is 5.73 Å². The number of rotatable bonds is 6. The van der Waals surface area contributed by atoms with Crippen molar-refractivity contribution in [3.05, 3.63) is 40.2 Å². The zero-order chi connectivity index (χ0) is 13.7. The van der Waals surface area contributed by atoms with Crippen LogP contribution in [0.25, 0.3) is 11.3 Å². The third-order valence-corrected chi connectivity index (χ3v) is 4.11. The summed E-state index contributed by atoms with van der Waals surface area (Å²) in [5.41, 5.74) is 8.02. The van der Waals surface area contributed by atoms with Gasteiger partial charge >= 0.3 is 0 Å². The minimum atomic E-state index is 0.676. The number of nitrogens with two attached hydrogens (primary N) is 1. The molecule has 0 aliphatic rings. The summed E-state index contributed by atoms with van der Waals surface area (Å²) >= 11 is 1.80. The van der Waals surface area contributed by atoms with Crippen LogP contribution >= 0.6 is 11.3 Å². The maximum atomic E-state index is 5.71. The fraction of sp³-hybridized carbons (Fsp3) is 0.400. The van der Waals surface area contributed by atoms with E-state index in [4.69, 9.17) is 10.7 Å². The largest absolute Gasteiger partial charge is 0.330 e. The first-order chi connectivity index (χ1) is 9.20. The van der Waals surface area contributed by atoms with Crippen molar-refractivity contribution in [2.45, 2.75) is 12.8 Å². The van der Waals surface area contributed by atoms with E-state index >= 15 is 0 Å². The van der Waals surface area contributed by atoms with Gasteiger partial charge in [0.05, 0.1) is 10.7 Å². The Bertz CT molecular complexity index is 505. The molecule has 0 saturated heterocycles. The van der Waals surface area contributed by atoms with Crippen LogP contribution in [0.3, 0.4) is 0 Å². The lowest BCUT2D eigenvalue weighted by molar-refractivity contribution is 0.413. The summed E-state index contributed by atoms with van der Waals surface area (Å²) < 4.78 is 0. The lowest BCUT2D eigenvalue weighted by Gasteiger charge is -2.06. The van der Waals surface area contributed by atoms with E-state index in [1.807, 2.05) is 6.07 Å². The second kappa shape index (κ2) is 6.80. The molecule has 0 bridgehead atoms. The molecule has 1 heterocycles. The van der Waals surface area contributed by atoms with Gasteiger partial charge in [-0.05, 0) is 27.1 Å². The van der Waals surface area contributed by atoms with Crippen LogP contribution in [0.15, 0.2) is 30.3 Å². The lowest BCUT2D eigenvalue weighted by atomic mass is 10.1. The molecule has 0 fully saturated rings. The number of benzene rings is 1. The van der Waals surface area contributed by atoms with Crippen LogP contribution in [-0.2, 0) is 12.8 Å². The molecule has 1 aromatic heterocycles. The number of nitrogens with zero attached hydrogens (tertiary/aromatic N) is 2. The Hall–Kier alpha value is -1.23. The van der Waals surface area contributed by atoms with E-state index in [-0.39, 0.29) is 0 Å². The van der Waals surface area contributed by atoms with Crippen molar-refractivity contribution in [3.63, 3.8) is 0 Å². The van der Waals surface area contributed by atoms with Crippen molar-refractivity contribution in [1.29, 1.82) is 0 Å². The minimum absolute atomic E-state index is 0.676. The lowest BCUT2D eigenvalue weighted by Crippen LogP contribution is -2.14. The highest BCUT2D eigenvalue weighted by Gasteiger charge is 2.12. The highest BCUT2D eigenvalue weighted by Crippen LogP contribution is 2.28. The van der Waals surface area contributed by atoms with Crippen molar-refractivity contribution in [2.24, 2.45) is 5.73 Å². The molecular formula is C15H21N3S. The fourth-order valence-corrected chi connectivity index (χ4v) is 3.04. The molecule has 1 aromatic carbocycles. The van der Waals surface area contributed by atoms with E-state index in [2.05, 4.69) is 43.3 Å². The average Bonchev–Trinajstić information content (AvgIpc) is 2.81. The molecule has 2 aromatic rings. The zero-order valence-electron chi connectivity index (χ0n) is 11.6. The Labute approximate surface area is 119 Å². The van der Waals surface area contributed by atoms with Crippen molar-refractivity contribution in [3.8, 4) is 11.3 Å². The van der Waals surface area contributed by atoms with Gasteiger partial charge < -0.3 is 10.6 Å². The topological polar surface area (TPSA) is 42.2 Å². The quantitative estimate of drug-likeness (QED) is 0.880. The number of aromatic nitrogens is 1. The van der Waals surface area contributed by atoms with E-state index < -0.39 is 0 Å². The number of hydrogen-bond donors (Lipinski definition) is 1. The number of hydrogen-bond acceptors (Lipinski definition) is 4. The molecule has 0 atom stereocenters. The smallest absolute Gasteiger partial charge is 0.0948 e. The Morgan fingerprint density at radius 2 is 1.89 bits per heavy atom. The van der Waals surface area contributed by atoms with Crippen LogP contribution in [0, 0.1) is 0 Å². The third-order valence-electron chi connectivity index (χ3n) is 2.93. The van der Waals surface area contributed by atoms with Crippen LogP contribution in [0.2, 0.25) is 0 Å². The summed E-state index contributed by atoms with van der Waals surface area (Å²) in [6.45, 7) is 1.71. The predicted molar refractivity (Wildman–Crippen MR) is 82.6 cm³/mol. The van der Waals surface area contributed by atoms with Crippen LogP contribution in [0.5, 0.6) is 0 Å². The van der Waals surface area contributed by atoms with Gasteiger partial charge in [0.25, 0.3) is 0 Å². The van der Waals surface area contributed by atoms with Gasteiger partial charge in [-0.2, -0.15) is 0 Å². The first kappa shape index (κ1) is 14.2. The van der Waals surface area contributed by atoms with Crippen LogP contribution in [0.4, 0.5) is 0 Å². The van der Waals surface area contributed by atoms with Crippen LogP contribution in [-0.4, -0.2) is 37.1 Å². The standard InChI is InChI=1S/C15H21N3S/c1-18(2)11-9-14-17-15(13(19-14)8-10-16)12-6-4-3-5-7-12/h3-7H,8-11,16H2,1-2H3. The first-order valence-corrected chi connectivity index (χ1v) is 7.41. The van der Waals surface area contributed by atoms with Crippen molar-refractivity contribution in [1.82, 2.24) is 9.88 Å². The third kappa shape index (κ3) is 3.86. The predicted octanol–water partition coefficient (Wildman–Crippen LogP) is 2.42. The highest BCUT2D eigenvalue weighted by molar-refractivity contribution is 7.12. The zero-order valence-corrected chi connectivity index (χ0v) is 12.4. The first-order valence-electron chi connectivity index (χ1n) is 6.59. The van der Waals surface area contributed by atoms with Gasteiger partial charge in [-0.15, -0.1) is 11.3 Å². The SMILES string of the molecule is CN(C)CCc1nc(-c2ccccc2)c(CCN)s1. The summed E-state index contributed by atoms with van der Waals surface area (Å²) in [5, 5.41) is 1.20. The van der Waals surface area contributed by atoms with E-state index in [0.29, 0.717) is 6.54 Å². The molecule has 19 heavy (non-hydrogen) atoms. The molecule has 0 spiro atoms. The summed E-state index contributed by atoms with van der Waals surface area (Å²) in [6.07, 6.45) is 1.91. The fourth-order valence-electron chi connectivity index (χ4n) is 1.95. The molecule has 3 nitrogen and oxygen atoms in total. The number of likely N-dealkylation sites (N-methyl/N-ethyl adjacent to an activating group) is 1. The number of thiazole rings is 1. The van der Waals surface area contributed by atoms with Crippen molar-refractivity contribution in [2.75, 3.05) is 27.2 Å². The molecule has 0 unspecified atom stereocenters. The van der Waals surface area contributed by atoms with Crippen molar-refractivity contribution < 1.29 is 0 Å². The Morgan fingerprint density at radius 1 is 1.16 bits per heavy atom. The van der Waals surface area contributed by atoms with Gasteiger partial charge in [-0.3, -0.25) is 0 Å². The summed E-state index contributed by atoms with van der Waals surface area (Å²) in [5.74, 6) is 0. The molecular weight excluding hydrogens is 254 g/mol. The Kier molecular flexibility index (Phi) is 5.07. The minimum Gasteiger partial charge on any atom is -0.330 e. The van der Waals surface area contributed by atoms with E-state index in [0.717, 1.165) is 25.1 Å². The molecule has 0 aliphatic heterocycles. The summed E-state index contributed by atoms with van der Waals surface area (Å²) in [4.78, 5) is 8.30. The second-order valence-corrected chi connectivity index (χ2v) is 6.01. The Balaban J connectivity index is 2.25. The van der Waals surface area contributed by atoms with Gasteiger partial charge in [-0.25, -0.2) is 4.98 Å². The highest BCUT2D eigenvalue weighted by atomic mass is 32.1. The van der Waals surface area contributed by atoms with E-state index in [9.17, 15) is 0 Å². The van der Waals surface area contributed by atoms with Gasteiger partial charge in [-0.1, -0.05) is 30.3 Å². The molecule has 2 N–H and O–H groups in total. The molecule has 2 rings (SSSR count). The maximum absolute atomic E-state index is 5.71. The van der Waals surface area contributed by atoms with Gasteiger partial charge in [0, 0.05) is 23.4 Å². The molecule has 0 radical (unpaired) electrons. The summed E-state index contributed by atoms with van der Waals surface area (Å²) in [7, 11) is 4.18. The maximum Gasteiger partial charge on any atom is 0.0948 e. The molecule has 102 valence electrons. The molecule has 0 saturated carbocycles. The van der Waals surface area contributed by atoms with E-state index in [1.165, 1.54) is 15.4 Å². The normalized spacial score (nSPS) is 11.2. The van der Waals surface area contributed by atoms with Crippen LogP contribution in [0.1, 0.15) is 9.88 Å². The molecule has 0 aliphatic carbocycles. The van der Waals surface area contributed by atoms with Crippen molar-refractivity contribution >= 4 is 11.3 Å². The molecule has 0 amide bonds. The second-order valence-electron chi connectivity index (χ2n) is 4.84. The Morgan fingerprint density at radius 3 is 2.53 bits per heavy atom. The summed E-state index contributed by atoms with van der Waals surface area (Å²) in [6, 6.07) is 10.4. The van der Waals surface area contributed by atoms with E-state index in [1.54, 1.807) is 11.3 Å².